The number of anilines is 1. The van der Waals surface area contributed by atoms with Crippen LogP contribution in [0.5, 0.6) is 0 Å². The van der Waals surface area contributed by atoms with Crippen molar-refractivity contribution < 1.29 is 9.53 Å². The number of rotatable bonds is 4. The highest BCUT2D eigenvalue weighted by Crippen LogP contribution is 2.27. The Morgan fingerprint density at radius 1 is 1.37 bits per heavy atom. The average Bonchev–Trinajstić information content (AvgIpc) is 3.30. The molecule has 1 aromatic rings. The van der Waals surface area contributed by atoms with E-state index in [-0.39, 0.29) is 5.91 Å². The van der Waals surface area contributed by atoms with Crippen LogP contribution >= 0.6 is 0 Å². The number of morpholine rings is 1. The van der Waals surface area contributed by atoms with Crippen molar-refractivity contribution in [3.8, 4) is 0 Å². The molecule has 2 aliphatic rings. The van der Waals surface area contributed by atoms with Gasteiger partial charge in [-0.15, -0.1) is 0 Å². The van der Waals surface area contributed by atoms with E-state index in [0.29, 0.717) is 24.8 Å². The summed E-state index contributed by atoms with van der Waals surface area (Å²) in [7, 11) is 0. The van der Waals surface area contributed by atoms with Crippen molar-refractivity contribution in [1.29, 1.82) is 0 Å². The van der Waals surface area contributed by atoms with E-state index in [9.17, 15) is 4.79 Å². The largest absolute Gasteiger partial charge is 0.378 e. The molecule has 19 heavy (non-hydrogen) atoms. The third kappa shape index (κ3) is 3.20. The Labute approximate surface area is 112 Å². The Balaban J connectivity index is 1.65. The van der Waals surface area contributed by atoms with Crippen LogP contribution in [0.4, 0.5) is 5.82 Å². The van der Waals surface area contributed by atoms with E-state index in [4.69, 9.17) is 4.74 Å². The Bertz CT molecular complexity index is 456. The normalized spacial score (nSPS) is 19.3. The number of hydrogen-bond donors (Lipinski definition) is 1. The monoisotopic (exact) mass is 262 g/mol. The van der Waals surface area contributed by atoms with Crippen molar-refractivity contribution in [2.45, 2.75) is 12.8 Å². The highest BCUT2D eigenvalue weighted by molar-refractivity contribution is 5.92. The van der Waals surface area contributed by atoms with Crippen molar-refractivity contribution in [2.75, 3.05) is 37.7 Å². The summed E-state index contributed by atoms with van der Waals surface area (Å²) in [5.41, 5.74) is 0.442. The first-order valence-electron chi connectivity index (χ1n) is 6.76. The Morgan fingerprint density at radius 2 is 2.16 bits per heavy atom. The topological polar surface area (TPSA) is 67.4 Å². The zero-order valence-corrected chi connectivity index (χ0v) is 10.8. The molecule has 2 fully saturated rings. The second kappa shape index (κ2) is 5.52. The molecule has 0 unspecified atom stereocenters. The lowest BCUT2D eigenvalue weighted by molar-refractivity contribution is 0.0946. The van der Waals surface area contributed by atoms with Gasteiger partial charge in [-0.2, -0.15) is 0 Å². The molecule has 1 N–H and O–H groups in total. The van der Waals surface area contributed by atoms with Gasteiger partial charge in [0, 0.05) is 25.7 Å². The van der Waals surface area contributed by atoms with E-state index in [1.54, 1.807) is 6.07 Å². The predicted octanol–water partition coefficient (Wildman–Crippen LogP) is 0.453. The third-order valence-corrected chi connectivity index (χ3v) is 3.47. The minimum atomic E-state index is -0.108. The predicted molar refractivity (Wildman–Crippen MR) is 70.1 cm³/mol. The van der Waals surface area contributed by atoms with Crippen LogP contribution in [0.1, 0.15) is 23.3 Å². The summed E-state index contributed by atoms with van der Waals surface area (Å²) >= 11 is 0. The van der Waals surface area contributed by atoms with Gasteiger partial charge in [-0.3, -0.25) is 4.79 Å². The van der Waals surface area contributed by atoms with Gasteiger partial charge in [0.05, 0.1) is 13.2 Å². The van der Waals surface area contributed by atoms with Crippen LogP contribution in [0.3, 0.4) is 0 Å². The van der Waals surface area contributed by atoms with Crippen molar-refractivity contribution in [2.24, 2.45) is 5.92 Å². The van der Waals surface area contributed by atoms with E-state index >= 15 is 0 Å². The maximum Gasteiger partial charge on any atom is 0.270 e. The van der Waals surface area contributed by atoms with Crippen LogP contribution in [-0.4, -0.2) is 48.7 Å². The van der Waals surface area contributed by atoms with Crippen LogP contribution in [0, 0.1) is 5.92 Å². The molecule has 0 atom stereocenters. The standard InChI is InChI=1S/C13H18N4O2/c18-13(14-8-10-1-2-10)11-7-12(16-9-15-11)17-3-5-19-6-4-17/h7,9-10H,1-6,8H2,(H,14,18). The lowest BCUT2D eigenvalue weighted by Gasteiger charge is -2.27. The molecule has 6 nitrogen and oxygen atoms in total. The summed E-state index contributed by atoms with van der Waals surface area (Å²) in [4.78, 5) is 22.4. The number of amides is 1. The highest BCUT2D eigenvalue weighted by Gasteiger charge is 2.22. The second-order valence-electron chi connectivity index (χ2n) is 5.01. The fourth-order valence-electron chi connectivity index (χ4n) is 2.09. The first kappa shape index (κ1) is 12.3. The number of carbonyl (C=O) groups excluding carboxylic acids is 1. The van der Waals surface area contributed by atoms with Gasteiger partial charge in [0.1, 0.15) is 17.8 Å². The Hall–Kier alpha value is -1.69. The summed E-state index contributed by atoms with van der Waals surface area (Å²) in [6.07, 6.45) is 3.91. The molecule has 102 valence electrons. The first-order chi connectivity index (χ1) is 9.33. The maximum absolute atomic E-state index is 12.0. The molecule has 3 rings (SSSR count). The van der Waals surface area contributed by atoms with Crippen LogP contribution in [0.2, 0.25) is 0 Å². The molecule has 1 aromatic heterocycles. The van der Waals surface area contributed by atoms with Gasteiger partial charge in [-0.25, -0.2) is 9.97 Å². The van der Waals surface area contributed by atoms with E-state index in [1.807, 2.05) is 0 Å². The van der Waals surface area contributed by atoms with Crippen LogP contribution in [0.15, 0.2) is 12.4 Å². The van der Waals surface area contributed by atoms with Gasteiger partial charge in [0.25, 0.3) is 5.91 Å². The molecule has 0 aromatic carbocycles. The molecular formula is C13H18N4O2. The molecular weight excluding hydrogens is 244 g/mol. The summed E-state index contributed by atoms with van der Waals surface area (Å²) < 4.78 is 5.31. The van der Waals surface area contributed by atoms with Gasteiger partial charge < -0.3 is 15.0 Å². The van der Waals surface area contributed by atoms with Crippen molar-refractivity contribution in [1.82, 2.24) is 15.3 Å². The smallest absolute Gasteiger partial charge is 0.270 e. The molecule has 1 aliphatic carbocycles. The van der Waals surface area contributed by atoms with Gasteiger partial charge in [-0.1, -0.05) is 0 Å². The molecule has 1 amide bonds. The van der Waals surface area contributed by atoms with Crippen LogP contribution in [-0.2, 0) is 4.74 Å². The number of hydrogen-bond acceptors (Lipinski definition) is 5. The summed E-state index contributed by atoms with van der Waals surface area (Å²) in [5.74, 6) is 1.36. The Kier molecular flexibility index (Phi) is 3.59. The second-order valence-corrected chi connectivity index (χ2v) is 5.01. The van der Waals surface area contributed by atoms with Crippen LogP contribution in [0.25, 0.3) is 0 Å². The molecule has 1 saturated carbocycles. The third-order valence-electron chi connectivity index (χ3n) is 3.47. The summed E-state index contributed by atoms with van der Waals surface area (Å²) in [6.45, 7) is 3.77. The van der Waals surface area contributed by atoms with E-state index in [2.05, 4.69) is 20.2 Å². The number of ether oxygens (including phenoxy) is 1. The van der Waals surface area contributed by atoms with Crippen molar-refractivity contribution >= 4 is 11.7 Å². The summed E-state index contributed by atoms with van der Waals surface area (Å²) in [6, 6.07) is 1.76. The molecule has 0 radical (unpaired) electrons. The van der Waals surface area contributed by atoms with Gasteiger partial charge in [0.15, 0.2) is 0 Å². The van der Waals surface area contributed by atoms with Gasteiger partial charge >= 0.3 is 0 Å². The fraction of sp³-hybridized carbons (Fsp3) is 0.615. The number of nitrogens with zero attached hydrogens (tertiary/aromatic N) is 3. The van der Waals surface area contributed by atoms with E-state index in [0.717, 1.165) is 25.5 Å². The van der Waals surface area contributed by atoms with Crippen molar-refractivity contribution in [3.63, 3.8) is 0 Å². The summed E-state index contributed by atoms with van der Waals surface area (Å²) in [5, 5.41) is 2.92. The van der Waals surface area contributed by atoms with Crippen molar-refractivity contribution in [3.05, 3.63) is 18.1 Å². The average molecular weight is 262 g/mol. The lowest BCUT2D eigenvalue weighted by atomic mass is 10.3. The number of aromatic nitrogens is 2. The molecule has 6 heteroatoms. The van der Waals surface area contributed by atoms with E-state index < -0.39 is 0 Å². The molecule has 1 saturated heterocycles. The molecule has 0 bridgehead atoms. The number of carbonyl (C=O) groups is 1. The Morgan fingerprint density at radius 3 is 2.89 bits per heavy atom. The minimum absolute atomic E-state index is 0.108. The quantitative estimate of drug-likeness (QED) is 0.853. The lowest BCUT2D eigenvalue weighted by Crippen LogP contribution is -2.37. The maximum atomic E-state index is 12.0. The van der Waals surface area contributed by atoms with E-state index in [1.165, 1.54) is 19.2 Å². The minimum Gasteiger partial charge on any atom is -0.378 e. The van der Waals surface area contributed by atoms with Crippen LogP contribution < -0.4 is 10.2 Å². The van der Waals surface area contributed by atoms with Gasteiger partial charge in [-0.05, 0) is 18.8 Å². The first-order valence-corrected chi connectivity index (χ1v) is 6.76. The molecule has 1 aliphatic heterocycles. The molecule has 0 spiro atoms. The molecule has 2 heterocycles. The van der Waals surface area contributed by atoms with Gasteiger partial charge in [0.2, 0.25) is 0 Å². The number of nitrogens with one attached hydrogen (secondary N) is 1. The fourth-order valence-corrected chi connectivity index (χ4v) is 2.09. The zero-order chi connectivity index (χ0) is 13.1. The highest BCUT2D eigenvalue weighted by atomic mass is 16.5. The zero-order valence-electron chi connectivity index (χ0n) is 10.8. The SMILES string of the molecule is O=C(NCC1CC1)c1cc(N2CCOCC2)ncn1.